The standard InChI is InChI=1S/C58H35NS2/c1-2-12-43-38(10-1)11-7-15-44(43)39-24-22-36(23-25-39)37-26-30-42(31-27-37)59-57-45(40-28-32-49-47-13-3-5-20-53(47)60-55(49)34-40)16-8-18-51(57)52-19-9-17-46(58(52)59)41-29-33-50-48-14-4-6-21-54(48)61-56(50)35-41/h1-35H. The highest BCUT2D eigenvalue weighted by Gasteiger charge is 2.21. The first kappa shape index (κ1) is 34.6. The predicted molar refractivity (Wildman–Crippen MR) is 266 cm³/mol. The number of aromatic nitrogens is 1. The first-order chi connectivity index (χ1) is 30.2. The Balaban J connectivity index is 1.000. The molecule has 3 aromatic heterocycles. The number of nitrogens with zero attached hydrogens (tertiary/aromatic N) is 1. The van der Waals surface area contributed by atoms with Gasteiger partial charge in [0.25, 0.3) is 0 Å². The molecule has 0 bridgehead atoms. The van der Waals surface area contributed by atoms with Gasteiger partial charge in [0.15, 0.2) is 0 Å². The van der Waals surface area contributed by atoms with Crippen molar-refractivity contribution in [3.8, 4) is 50.2 Å². The monoisotopic (exact) mass is 809 g/mol. The molecular weight excluding hydrogens is 775 g/mol. The molecule has 0 unspecified atom stereocenters. The lowest BCUT2D eigenvalue weighted by atomic mass is 9.96. The SMILES string of the molecule is c1ccc2c(-c3ccc(-c4ccc(-n5c6c(-c7ccc8c(c7)sc7ccccc78)cccc6c6cccc(-c7ccc8c(c7)sc7ccccc78)c65)cc4)cc3)cccc2c1. The van der Waals surface area contributed by atoms with Crippen LogP contribution in [0.2, 0.25) is 0 Å². The molecule has 0 fully saturated rings. The van der Waals surface area contributed by atoms with E-state index >= 15 is 0 Å². The van der Waals surface area contributed by atoms with E-state index in [9.17, 15) is 0 Å². The van der Waals surface area contributed by atoms with Crippen LogP contribution in [0.15, 0.2) is 212 Å². The van der Waals surface area contributed by atoms with Gasteiger partial charge in [-0.25, -0.2) is 0 Å². The summed E-state index contributed by atoms with van der Waals surface area (Å²) in [6, 6.07) is 78.7. The highest BCUT2D eigenvalue weighted by molar-refractivity contribution is 7.26. The first-order valence-electron chi connectivity index (χ1n) is 20.8. The lowest BCUT2D eigenvalue weighted by Gasteiger charge is -2.15. The molecule has 0 amide bonds. The van der Waals surface area contributed by atoms with Gasteiger partial charge in [0.05, 0.1) is 11.0 Å². The summed E-state index contributed by atoms with van der Waals surface area (Å²) in [6.07, 6.45) is 0. The Morgan fingerprint density at radius 1 is 0.262 bits per heavy atom. The summed E-state index contributed by atoms with van der Waals surface area (Å²) in [5.74, 6) is 0. The van der Waals surface area contributed by atoms with Crippen LogP contribution in [-0.4, -0.2) is 4.57 Å². The molecule has 0 aliphatic rings. The molecule has 13 aromatic rings. The van der Waals surface area contributed by atoms with E-state index in [0.29, 0.717) is 0 Å². The van der Waals surface area contributed by atoms with Gasteiger partial charge in [0, 0.05) is 67.9 Å². The molecule has 0 saturated carbocycles. The van der Waals surface area contributed by atoms with E-state index in [-0.39, 0.29) is 0 Å². The second kappa shape index (κ2) is 13.6. The molecule has 3 heteroatoms. The van der Waals surface area contributed by atoms with Crippen LogP contribution in [0, 0.1) is 0 Å². The fraction of sp³-hybridized carbons (Fsp3) is 0. The summed E-state index contributed by atoms with van der Waals surface area (Å²) in [5, 5.41) is 10.3. The molecule has 0 aliphatic heterocycles. The largest absolute Gasteiger partial charge is 0.308 e. The zero-order valence-electron chi connectivity index (χ0n) is 33.0. The lowest BCUT2D eigenvalue weighted by molar-refractivity contribution is 1.18. The number of hydrogen-bond donors (Lipinski definition) is 0. The van der Waals surface area contributed by atoms with Crippen molar-refractivity contribution in [3.63, 3.8) is 0 Å². The van der Waals surface area contributed by atoms with Crippen LogP contribution in [0.1, 0.15) is 0 Å². The lowest BCUT2D eigenvalue weighted by Crippen LogP contribution is -1.97. The molecule has 0 atom stereocenters. The Labute approximate surface area is 360 Å². The van der Waals surface area contributed by atoms with Crippen LogP contribution >= 0.6 is 22.7 Å². The third kappa shape index (κ3) is 5.45. The van der Waals surface area contributed by atoms with Crippen LogP contribution in [0.25, 0.3) is 123 Å². The van der Waals surface area contributed by atoms with Crippen molar-refractivity contribution in [2.75, 3.05) is 0 Å². The van der Waals surface area contributed by atoms with Gasteiger partial charge < -0.3 is 4.57 Å². The van der Waals surface area contributed by atoms with Gasteiger partial charge in [0.1, 0.15) is 0 Å². The maximum Gasteiger partial charge on any atom is 0.0619 e. The van der Waals surface area contributed by atoms with E-state index in [1.54, 1.807) is 0 Å². The van der Waals surface area contributed by atoms with Crippen LogP contribution in [0.3, 0.4) is 0 Å². The molecule has 3 heterocycles. The van der Waals surface area contributed by atoms with Gasteiger partial charge in [-0.05, 0) is 80.6 Å². The second-order valence-electron chi connectivity index (χ2n) is 16.0. The Bertz CT molecular complexity index is 3680. The van der Waals surface area contributed by atoms with Crippen LogP contribution in [0.4, 0.5) is 0 Å². The number of rotatable bonds is 5. The minimum Gasteiger partial charge on any atom is -0.308 e. The summed E-state index contributed by atoms with van der Waals surface area (Å²) >= 11 is 3.75. The highest BCUT2D eigenvalue weighted by atomic mass is 32.1. The minimum absolute atomic E-state index is 1.14. The Kier molecular flexibility index (Phi) is 7.71. The predicted octanol–water partition coefficient (Wildman–Crippen LogP) is 17.3. The average Bonchev–Trinajstić information content (AvgIpc) is 4.00. The fourth-order valence-electron chi connectivity index (χ4n) is 9.75. The Hall–Kier alpha value is -7.30. The maximum atomic E-state index is 2.53. The van der Waals surface area contributed by atoms with Gasteiger partial charge in [-0.3, -0.25) is 0 Å². The molecule has 284 valence electrons. The minimum atomic E-state index is 1.14. The molecular formula is C58H35NS2. The van der Waals surface area contributed by atoms with Crippen molar-refractivity contribution in [1.82, 2.24) is 4.57 Å². The van der Waals surface area contributed by atoms with Gasteiger partial charge in [-0.2, -0.15) is 0 Å². The molecule has 0 saturated heterocycles. The zero-order chi connectivity index (χ0) is 40.0. The number of hydrogen-bond acceptors (Lipinski definition) is 2. The fourth-order valence-corrected chi connectivity index (χ4v) is 12.0. The summed E-state index contributed by atoms with van der Waals surface area (Å²) in [6.45, 7) is 0. The van der Waals surface area contributed by atoms with Crippen molar-refractivity contribution >= 4 is 95.6 Å². The quantitative estimate of drug-likeness (QED) is 0.163. The second-order valence-corrected chi connectivity index (χ2v) is 18.2. The number of fused-ring (bicyclic) bond motifs is 10. The van der Waals surface area contributed by atoms with E-state index in [1.165, 1.54) is 117 Å². The number of para-hydroxylation sites is 2. The third-order valence-electron chi connectivity index (χ3n) is 12.6. The number of thiophene rings is 2. The summed E-state index contributed by atoms with van der Waals surface area (Å²) in [7, 11) is 0. The van der Waals surface area contributed by atoms with Gasteiger partial charge >= 0.3 is 0 Å². The molecule has 0 spiro atoms. The number of benzene rings is 10. The van der Waals surface area contributed by atoms with Crippen LogP contribution in [-0.2, 0) is 0 Å². The molecule has 0 N–H and O–H groups in total. The normalized spacial score (nSPS) is 11.9. The summed E-state index contributed by atoms with van der Waals surface area (Å²) < 4.78 is 7.81. The maximum absolute atomic E-state index is 2.53. The van der Waals surface area contributed by atoms with Crippen LogP contribution < -0.4 is 0 Å². The van der Waals surface area contributed by atoms with Gasteiger partial charge in [-0.1, -0.05) is 176 Å². The van der Waals surface area contributed by atoms with Gasteiger partial charge in [0.2, 0.25) is 0 Å². The third-order valence-corrected chi connectivity index (χ3v) is 14.9. The van der Waals surface area contributed by atoms with Crippen molar-refractivity contribution in [2.24, 2.45) is 0 Å². The van der Waals surface area contributed by atoms with Crippen molar-refractivity contribution < 1.29 is 0 Å². The highest BCUT2D eigenvalue weighted by Crippen LogP contribution is 2.45. The average molecular weight is 810 g/mol. The molecule has 13 rings (SSSR count). The topological polar surface area (TPSA) is 4.93 Å². The molecule has 61 heavy (non-hydrogen) atoms. The first-order valence-corrected chi connectivity index (χ1v) is 22.5. The summed E-state index contributed by atoms with van der Waals surface area (Å²) in [5.41, 5.74) is 13.4. The summed E-state index contributed by atoms with van der Waals surface area (Å²) in [4.78, 5) is 0. The van der Waals surface area contributed by atoms with Crippen LogP contribution in [0.5, 0.6) is 0 Å². The van der Waals surface area contributed by atoms with Crippen molar-refractivity contribution in [3.05, 3.63) is 212 Å². The Morgan fingerprint density at radius 2 is 0.672 bits per heavy atom. The molecule has 1 nitrogen and oxygen atoms in total. The van der Waals surface area contributed by atoms with Crippen molar-refractivity contribution in [2.45, 2.75) is 0 Å². The smallest absolute Gasteiger partial charge is 0.0619 e. The Morgan fingerprint density at radius 3 is 1.26 bits per heavy atom. The molecule has 0 radical (unpaired) electrons. The van der Waals surface area contributed by atoms with E-state index in [4.69, 9.17) is 0 Å². The zero-order valence-corrected chi connectivity index (χ0v) is 34.6. The van der Waals surface area contributed by atoms with E-state index in [2.05, 4.69) is 217 Å². The molecule has 0 aliphatic carbocycles. The van der Waals surface area contributed by atoms with E-state index < -0.39 is 0 Å². The van der Waals surface area contributed by atoms with E-state index in [1.807, 2.05) is 22.7 Å². The van der Waals surface area contributed by atoms with E-state index in [0.717, 1.165) is 5.69 Å². The van der Waals surface area contributed by atoms with Gasteiger partial charge in [-0.15, -0.1) is 22.7 Å². The molecule has 10 aromatic carbocycles. The van der Waals surface area contributed by atoms with Crippen molar-refractivity contribution in [1.29, 1.82) is 0 Å².